The first-order chi connectivity index (χ1) is 14.9. The molecule has 2 aromatic carbocycles. The van der Waals surface area contributed by atoms with Gasteiger partial charge in [-0.1, -0.05) is 49.2 Å². The summed E-state index contributed by atoms with van der Waals surface area (Å²) in [5, 5.41) is 1.09. The van der Waals surface area contributed by atoms with E-state index < -0.39 is 21.3 Å². The fourth-order valence-electron chi connectivity index (χ4n) is 4.25. The standard InChI is InChI=1S/C24H26N2O4S/c1-18(27)17-31(28,29)26-24(14-4-5-15-24)20-9-12-22(13-10-20)30-16-21-11-8-19-6-2-3-7-23(19)25-21/h2-3,6-13,26H,4-5,14-17H2,1H3. The number of nitrogens with one attached hydrogen (secondary N) is 1. The van der Waals surface area contributed by atoms with Gasteiger partial charge in [-0.05, 0) is 49.6 Å². The second-order valence-electron chi connectivity index (χ2n) is 8.16. The molecule has 1 aliphatic carbocycles. The van der Waals surface area contributed by atoms with Gasteiger partial charge in [0.05, 0.1) is 16.7 Å². The summed E-state index contributed by atoms with van der Waals surface area (Å²) in [7, 11) is -3.68. The molecule has 0 amide bonds. The lowest BCUT2D eigenvalue weighted by Gasteiger charge is -2.30. The monoisotopic (exact) mass is 438 g/mol. The number of rotatable bonds is 8. The summed E-state index contributed by atoms with van der Waals surface area (Å²) in [4.78, 5) is 16.0. The average molecular weight is 439 g/mol. The first-order valence-corrected chi connectivity index (χ1v) is 12.1. The number of pyridine rings is 1. The van der Waals surface area contributed by atoms with E-state index in [4.69, 9.17) is 4.74 Å². The van der Waals surface area contributed by atoms with Crippen LogP contribution in [0.2, 0.25) is 0 Å². The molecule has 4 rings (SSSR count). The molecule has 3 aromatic rings. The zero-order valence-electron chi connectivity index (χ0n) is 17.5. The topological polar surface area (TPSA) is 85.4 Å². The second-order valence-corrected chi connectivity index (χ2v) is 9.88. The summed E-state index contributed by atoms with van der Waals surface area (Å²) in [6, 6.07) is 19.5. The number of Topliss-reactive ketones (excluding diaryl/α,β-unsaturated/α-hetero) is 1. The second kappa shape index (κ2) is 8.77. The van der Waals surface area contributed by atoms with Crippen LogP contribution in [0.25, 0.3) is 10.9 Å². The predicted octanol–water partition coefficient (Wildman–Crippen LogP) is 4.09. The highest BCUT2D eigenvalue weighted by atomic mass is 32.2. The minimum atomic E-state index is -3.68. The minimum absolute atomic E-state index is 0.348. The third kappa shape index (κ3) is 5.11. The number of aromatic nitrogens is 1. The third-order valence-electron chi connectivity index (χ3n) is 5.65. The number of sulfonamides is 1. The Morgan fingerprint density at radius 3 is 2.45 bits per heavy atom. The molecule has 1 aromatic heterocycles. The van der Waals surface area contributed by atoms with Gasteiger partial charge < -0.3 is 4.74 Å². The highest BCUT2D eigenvalue weighted by Gasteiger charge is 2.39. The number of benzene rings is 2. The molecule has 162 valence electrons. The van der Waals surface area contributed by atoms with Crippen LogP contribution in [0.5, 0.6) is 5.75 Å². The Bertz CT molecular complexity index is 1180. The molecule has 0 aliphatic heterocycles. The van der Waals surface area contributed by atoms with Gasteiger partial charge in [0.25, 0.3) is 0 Å². The maximum atomic E-state index is 12.4. The molecule has 0 spiro atoms. The van der Waals surface area contributed by atoms with E-state index >= 15 is 0 Å². The number of para-hydroxylation sites is 1. The van der Waals surface area contributed by atoms with E-state index in [2.05, 4.69) is 9.71 Å². The summed E-state index contributed by atoms with van der Waals surface area (Å²) < 4.78 is 33.6. The molecule has 0 unspecified atom stereocenters. The molecule has 1 fully saturated rings. The molecule has 1 N–H and O–H groups in total. The van der Waals surface area contributed by atoms with Crippen molar-refractivity contribution in [1.82, 2.24) is 9.71 Å². The maximum Gasteiger partial charge on any atom is 0.219 e. The number of nitrogens with zero attached hydrogens (tertiary/aromatic N) is 1. The van der Waals surface area contributed by atoms with Crippen molar-refractivity contribution in [3.05, 3.63) is 71.9 Å². The molecule has 0 atom stereocenters. The largest absolute Gasteiger partial charge is 0.487 e. The molecular weight excluding hydrogens is 412 g/mol. The molecule has 31 heavy (non-hydrogen) atoms. The average Bonchev–Trinajstić information content (AvgIpc) is 3.20. The Labute approximate surface area is 182 Å². The summed E-state index contributed by atoms with van der Waals surface area (Å²) in [5.41, 5.74) is 2.01. The lowest BCUT2D eigenvalue weighted by Crippen LogP contribution is -2.45. The van der Waals surface area contributed by atoms with E-state index in [9.17, 15) is 13.2 Å². The Balaban J connectivity index is 1.47. The van der Waals surface area contributed by atoms with Gasteiger partial charge in [0, 0.05) is 5.39 Å². The summed E-state index contributed by atoms with van der Waals surface area (Å²) in [5.74, 6) is -0.167. The lowest BCUT2D eigenvalue weighted by molar-refractivity contribution is -0.114. The molecule has 0 radical (unpaired) electrons. The Hall–Kier alpha value is -2.77. The van der Waals surface area contributed by atoms with Gasteiger partial charge in [-0.2, -0.15) is 0 Å². The molecule has 0 saturated heterocycles. The summed E-state index contributed by atoms with van der Waals surface area (Å²) in [6.07, 6.45) is 3.31. The van der Waals surface area contributed by atoms with E-state index in [1.165, 1.54) is 6.92 Å². The van der Waals surface area contributed by atoms with Crippen LogP contribution < -0.4 is 9.46 Å². The van der Waals surface area contributed by atoms with Crippen molar-refractivity contribution >= 4 is 26.7 Å². The van der Waals surface area contributed by atoms with Crippen LogP contribution in [0.3, 0.4) is 0 Å². The third-order valence-corrected chi connectivity index (χ3v) is 7.14. The quantitative estimate of drug-likeness (QED) is 0.573. The van der Waals surface area contributed by atoms with E-state index in [0.29, 0.717) is 25.2 Å². The van der Waals surface area contributed by atoms with Gasteiger partial charge in [0.2, 0.25) is 10.0 Å². The predicted molar refractivity (Wildman–Crippen MR) is 120 cm³/mol. The van der Waals surface area contributed by atoms with Crippen molar-refractivity contribution in [2.24, 2.45) is 0 Å². The number of carbonyl (C=O) groups excluding carboxylic acids is 1. The smallest absolute Gasteiger partial charge is 0.219 e. The molecule has 1 aliphatic rings. The van der Waals surface area contributed by atoms with Crippen molar-refractivity contribution in [2.45, 2.75) is 44.8 Å². The highest BCUT2D eigenvalue weighted by molar-refractivity contribution is 7.90. The number of ketones is 1. The van der Waals surface area contributed by atoms with Crippen molar-refractivity contribution in [1.29, 1.82) is 0 Å². The number of hydrogen-bond acceptors (Lipinski definition) is 5. The number of carbonyl (C=O) groups is 1. The first kappa shape index (κ1) is 21.5. The van der Waals surface area contributed by atoms with E-state index in [0.717, 1.165) is 35.0 Å². The van der Waals surface area contributed by atoms with Crippen molar-refractivity contribution < 1.29 is 17.9 Å². The Morgan fingerprint density at radius 1 is 1.03 bits per heavy atom. The Morgan fingerprint density at radius 2 is 1.74 bits per heavy atom. The van der Waals surface area contributed by atoms with Crippen LogP contribution in [-0.2, 0) is 27.0 Å². The SMILES string of the molecule is CC(=O)CS(=O)(=O)NC1(c2ccc(OCc3ccc4ccccc4n3)cc2)CCCC1. The highest BCUT2D eigenvalue weighted by Crippen LogP contribution is 2.40. The van der Waals surface area contributed by atoms with Crippen LogP contribution >= 0.6 is 0 Å². The van der Waals surface area contributed by atoms with E-state index in [1.54, 1.807) is 0 Å². The van der Waals surface area contributed by atoms with Gasteiger partial charge >= 0.3 is 0 Å². The molecule has 1 heterocycles. The van der Waals surface area contributed by atoms with Crippen LogP contribution in [-0.4, -0.2) is 24.9 Å². The summed E-state index contributed by atoms with van der Waals surface area (Å²) in [6.45, 7) is 1.64. The molecule has 7 heteroatoms. The zero-order chi connectivity index (χ0) is 21.9. The molecular formula is C24H26N2O4S. The van der Waals surface area contributed by atoms with Crippen LogP contribution in [0.1, 0.15) is 43.9 Å². The van der Waals surface area contributed by atoms with Crippen molar-refractivity contribution in [3.8, 4) is 5.75 Å². The van der Waals surface area contributed by atoms with Crippen LogP contribution in [0.15, 0.2) is 60.7 Å². The maximum absolute atomic E-state index is 12.4. The van der Waals surface area contributed by atoms with Gasteiger partial charge in [-0.3, -0.25) is 4.79 Å². The number of hydrogen-bond donors (Lipinski definition) is 1. The number of ether oxygens (including phenoxy) is 1. The van der Waals surface area contributed by atoms with Gasteiger partial charge in [0.15, 0.2) is 0 Å². The van der Waals surface area contributed by atoms with Gasteiger partial charge in [-0.25, -0.2) is 18.1 Å². The number of fused-ring (bicyclic) bond motifs is 1. The summed E-state index contributed by atoms with van der Waals surface area (Å²) >= 11 is 0. The fourth-order valence-corrected chi connectivity index (χ4v) is 5.77. The molecule has 1 saturated carbocycles. The zero-order valence-corrected chi connectivity index (χ0v) is 18.3. The molecule has 6 nitrogen and oxygen atoms in total. The van der Waals surface area contributed by atoms with E-state index in [-0.39, 0.29) is 5.78 Å². The fraction of sp³-hybridized carbons (Fsp3) is 0.333. The Kier molecular flexibility index (Phi) is 6.07. The first-order valence-electron chi connectivity index (χ1n) is 10.4. The minimum Gasteiger partial charge on any atom is -0.487 e. The van der Waals surface area contributed by atoms with Crippen LogP contribution in [0, 0.1) is 0 Å². The normalized spacial score (nSPS) is 15.8. The molecule has 0 bridgehead atoms. The van der Waals surface area contributed by atoms with Crippen molar-refractivity contribution in [3.63, 3.8) is 0 Å². The van der Waals surface area contributed by atoms with Crippen molar-refractivity contribution in [2.75, 3.05) is 5.75 Å². The lowest BCUT2D eigenvalue weighted by atomic mass is 9.89. The van der Waals surface area contributed by atoms with Crippen LogP contribution in [0.4, 0.5) is 0 Å². The van der Waals surface area contributed by atoms with Gasteiger partial charge in [0.1, 0.15) is 23.9 Å². The van der Waals surface area contributed by atoms with Gasteiger partial charge in [-0.15, -0.1) is 0 Å². The van der Waals surface area contributed by atoms with E-state index in [1.807, 2.05) is 60.7 Å².